The van der Waals surface area contributed by atoms with Crippen molar-refractivity contribution < 1.29 is 4.79 Å². The third-order valence-corrected chi connectivity index (χ3v) is 6.62. The normalized spacial score (nSPS) is 31.7. The van der Waals surface area contributed by atoms with E-state index in [1.165, 1.54) is 25.7 Å². The maximum atomic E-state index is 12.9. The number of amides is 1. The number of hydrogen-bond acceptors (Lipinski definition) is 3. The van der Waals surface area contributed by atoms with Crippen LogP contribution in [-0.4, -0.2) is 40.1 Å². The Morgan fingerprint density at radius 3 is 2.42 bits per heavy atom. The second kappa shape index (κ2) is 4.66. The van der Waals surface area contributed by atoms with E-state index < -0.39 is 0 Å². The molecule has 108 valence electrons. The van der Waals surface area contributed by atoms with Crippen LogP contribution in [0.2, 0.25) is 0 Å². The SMILES string of the molecule is CSC1(CN2C(=O)C3(CCCC3)NC2C(C)C)CC1. The zero-order valence-electron chi connectivity index (χ0n) is 12.4. The van der Waals surface area contributed by atoms with Crippen LogP contribution in [0.3, 0.4) is 0 Å². The lowest BCUT2D eigenvalue weighted by atomic mass is 9.98. The summed E-state index contributed by atoms with van der Waals surface area (Å²) in [6.45, 7) is 5.40. The summed E-state index contributed by atoms with van der Waals surface area (Å²) >= 11 is 1.95. The van der Waals surface area contributed by atoms with Crippen molar-refractivity contribution in [2.45, 2.75) is 68.8 Å². The van der Waals surface area contributed by atoms with Crippen LogP contribution in [0.5, 0.6) is 0 Å². The summed E-state index contributed by atoms with van der Waals surface area (Å²) in [5, 5.41) is 3.71. The first-order chi connectivity index (χ1) is 9.02. The molecular formula is C15H26N2OS. The van der Waals surface area contributed by atoms with Gasteiger partial charge in [0.25, 0.3) is 0 Å². The quantitative estimate of drug-likeness (QED) is 0.860. The van der Waals surface area contributed by atoms with E-state index in [1.807, 2.05) is 11.8 Å². The van der Waals surface area contributed by atoms with E-state index in [9.17, 15) is 4.79 Å². The van der Waals surface area contributed by atoms with Gasteiger partial charge in [0.15, 0.2) is 0 Å². The highest BCUT2D eigenvalue weighted by Gasteiger charge is 2.56. The van der Waals surface area contributed by atoms with E-state index in [2.05, 4.69) is 30.3 Å². The van der Waals surface area contributed by atoms with Crippen molar-refractivity contribution in [3.8, 4) is 0 Å². The molecule has 0 bridgehead atoms. The number of rotatable bonds is 4. The van der Waals surface area contributed by atoms with Gasteiger partial charge in [0, 0.05) is 11.3 Å². The van der Waals surface area contributed by atoms with Gasteiger partial charge in [-0.1, -0.05) is 26.7 Å². The van der Waals surface area contributed by atoms with Crippen molar-refractivity contribution in [2.75, 3.05) is 12.8 Å². The van der Waals surface area contributed by atoms with Crippen LogP contribution in [0.4, 0.5) is 0 Å². The zero-order valence-corrected chi connectivity index (χ0v) is 13.2. The number of nitrogens with one attached hydrogen (secondary N) is 1. The summed E-state index contributed by atoms with van der Waals surface area (Å²) in [6, 6.07) is 0. The van der Waals surface area contributed by atoms with Gasteiger partial charge >= 0.3 is 0 Å². The summed E-state index contributed by atoms with van der Waals surface area (Å²) in [5.74, 6) is 0.880. The maximum absolute atomic E-state index is 12.9. The van der Waals surface area contributed by atoms with Crippen molar-refractivity contribution in [1.29, 1.82) is 0 Å². The molecule has 3 nitrogen and oxygen atoms in total. The standard InChI is InChI=1S/C15H26N2OS/c1-11(2)12-16-15(6-4-5-7-15)13(18)17(12)10-14(19-3)8-9-14/h11-12,16H,4-10H2,1-3H3. The van der Waals surface area contributed by atoms with Crippen molar-refractivity contribution in [3.05, 3.63) is 0 Å². The first-order valence-electron chi connectivity index (χ1n) is 7.66. The number of nitrogens with zero attached hydrogens (tertiary/aromatic N) is 1. The van der Waals surface area contributed by atoms with Crippen molar-refractivity contribution in [3.63, 3.8) is 0 Å². The average Bonchev–Trinajstić information content (AvgIpc) is 2.91. The first kappa shape index (κ1) is 13.7. The van der Waals surface area contributed by atoms with Crippen LogP contribution in [0.25, 0.3) is 0 Å². The summed E-state index contributed by atoms with van der Waals surface area (Å²) in [6.07, 6.45) is 9.46. The van der Waals surface area contributed by atoms with Crippen molar-refractivity contribution in [2.24, 2.45) is 5.92 Å². The third-order valence-electron chi connectivity index (χ3n) is 5.22. The van der Waals surface area contributed by atoms with Crippen LogP contribution in [0.15, 0.2) is 0 Å². The van der Waals surface area contributed by atoms with Gasteiger partial charge in [0.1, 0.15) is 0 Å². The molecule has 0 radical (unpaired) electrons. The topological polar surface area (TPSA) is 32.3 Å². The highest BCUT2D eigenvalue weighted by atomic mass is 32.2. The van der Waals surface area contributed by atoms with Crippen LogP contribution in [0, 0.1) is 5.92 Å². The Balaban J connectivity index is 1.81. The lowest BCUT2D eigenvalue weighted by molar-refractivity contribution is -0.133. The molecule has 0 aromatic rings. The second-order valence-corrected chi connectivity index (χ2v) is 8.22. The molecule has 19 heavy (non-hydrogen) atoms. The molecule has 2 saturated carbocycles. The molecular weight excluding hydrogens is 256 g/mol. The first-order valence-corrected chi connectivity index (χ1v) is 8.88. The molecule has 1 saturated heterocycles. The van der Waals surface area contributed by atoms with E-state index in [1.54, 1.807) is 0 Å². The predicted molar refractivity (Wildman–Crippen MR) is 80.2 cm³/mol. The highest BCUT2D eigenvalue weighted by molar-refractivity contribution is 8.00. The van der Waals surface area contributed by atoms with Gasteiger partial charge in [0.05, 0.1) is 11.7 Å². The predicted octanol–water partition coefficient (Wildman–Crippen LogP) is 2.61. The molecule has 1 atom stereocenters. The molecule has 1 amide bonds. The summed E-state index contributed by atoms with van der Waals surface area (Å²) in [4.78, 5) is 15.1. The van der Waals surface area contributed by atoms with E-state index >= 15 is 0 Å². The molecule has 3 aliphatic rings. The largest absolute Gasteiger partial charge is 0.324 e. The maximum Gasteiger partial charge on any atom is 0.244 e. The second-order valence-electron chi connectivity index (χ2n) is 6.94. The molecule has 0 aromatic carbocycles. The number of carbonyl (C=O) groups excluding carboxylic acids is 1. The van der Waals surface area contributed by atoms with Crippen LogP contribution >= 0.6 is 11.8 Å². The van der Waals surface area contributed by atoms with E-state index in [4.69, 9.17) is 0 Å². The minimum Gasteiger partial charge on any atom is -0.324 e. The highest BCUT2D eigenvalue weighted by Crippen LogP contribution is 2.49. The van der Waals surface area contributed by atoms with Gasteiger partial charge in [0.2, 0.25) is 5.91 Å². The van der Waals surface area contributed by atoms with Crippen LogP contribution in [0.1, 0.15) is 52.4 Å². The van der Waals surface area contributed by atoms with Gasteiger partial charge in [-0.25, -0.2) is 0 Å². The minimum atomic E-state index is -0.205. The Labute approximate surface area is 120 Å². The molecule has 3 rings (SSSR count). The third kappa shape index (κ3) is 2.21. The molecule has 1 aliphatic heterocycles. The van der Waals surface area contributed by atoms with Gasteiger partial charge in [-0.05, 0) is 37.9 Å². The Morgan fingerprint density at radius 1 is 1.32 bits per heavy atom. The Bertz CT molecular complexity index is 372. The monoisotopic (exact) mass is 282 g/mol. The Morgan fingerprint density at radius 2 is 1.95 bits per heavy atom. The lowest BCUT2D eigenvalue weighted by Gasteiger charge is -2.30. The van der Waals surface area contributed by atoms with Crippen molar-refractivity contribution >= 4 is 17.7 Å². The van der Waals surface area contributed by atoms with Gasteiger partial charge in [-0.15, -0.1) is 0 Å². The molecule has 3 fully saturated rings. The van der Waals surface area contributed by atoms with Crippen molar-refractivity contribution in [1.82, 2.24) is 10.2 Å². The molecule has 2 aliphatic carbocycles. The van der Waals surface area contributed by atoms with E-state index in [0.29, 0.717) is 16.6 Å². The minimum absolute atomic E-state index is 0.205. The molecule has 1 N–H and O–H groups in total. The molecule has 1 unspecified atom stereocenters. The Kier molecular flexibility index (Phi) is 3.37. The zero-order chi connectivity index (χ0) is 13.7. The Hall–Kier alpha value is -0.220. The molecule has 0 aromatic heterocycles. The fourth-order valence-electron chi connectivity index (χ4n) is 3.73. The molecule has 4 heteroatoms. The lowest BCUT2D eigenvalue weighted by Crippen LogP contribution is -2.46. The van der Waals surface area contributed by atoms with Crippen LogP contribution in [-0.2, 0) is 4.79 Å². The molecule has 1 heterocycles. The number of hydrogen-bond donors (Lipinski definition) is 1. The van der Waals surface area contributed by atoms with E-state index in [-0.39, 0.29) is 11.7 Å². The smallest absolute Gasteiger partial charge is 0.244 e. The number of carbonyl (C=O) groups is 1. The van der Waals surface area contributed by atoms with E-state index in [0.717, 1.165) is 19.4 Å². The number of thioether (sulfide) groups is 1. The fraction of sp³-hybridized carbons (Fsp3) is 0.933. The molecule has 1 spiro atoms. The van der Waals surface area contributed by atoms with Crippen LogP contribution < -0.4 is 5.32 Å². The summed E-state index contributed by atoms with van der Waals surface area (Å²) < 4.78 is 0.370. The average molecular weight is 282 g/mol. The summed E-state index contributed by atoms with van der Waals surface area (Å²) in [7, 11) is 0. The van der Waals surface area contributed by atoms with Gasteiger partial charge < -0.3 is 4.90 Å². The van der Waals surface area contributed by atoms with Gasteiger partial charge in [-0.3, -0.25) is 10.1 Å². The van der Waals surface area contributed by atoms with Gasteiger partial charge in [-0.2, -0.15) is 11.8 Å². The fourth-order valence-corrected chi connectivity index (χ4v) is 4.51. The summed E-state index contributed by atoms with van der Waals surface area (Å²) in [5.41, 5.74) is -0.205.